The summed E-state index contributed by atoms with van der Waals surface area (Å²) < 4.78 is 1.73. The van der Waals surface area contributed by atoms with Crippen LogP contribution in [0.4, 0.5) is 5.00 Å². The number of aromatic nitrogens is 2. The summed E-state index contributed by atoms with van der Waals surface area (Å²) in [5, 5.41) is 14.9. The van der Waals surface area contributed by atoms with Gasteiger partial charge >= 0.3 is 5.97 Å². The second-order valence-electron chi connectivity index (χ2n) is 5.70. The molecule has 0 saturated carbocycles. The Morgan fingerprint density at radius 2 is 1.93 bits per heavy atom. The minimum absolute atomic E-state index is 0.370. The number of nitrogens with zero attached hydrogens (tertiary/aromatic N) is 2. The van der Waals surface area contributed by atoms with Crippen LogP contribution in [-0.4, -0.2) is 34.0 Å². The molecular weight excluding hydrogens is 398 g/mol. The van der Waals surface area contributed by atoms with Gasteiger partial charge in [-0.2, -0.15) is 0 Å². The number of hydrogen-bond donors (Lipinski definition) is 2. The van der Waals surface area contributed by atoms with E-state index in [9.17, 15) is 14.7 Å². The third kappa shape index (κ3) is 8.21. The average molecular weight is 432 g/mol. The monoisotopic (exact) mass is 431 g/mol. The Morgan fingerprint density at radius 3 is 2.40 bits per heavy atom. The number of carbonyl (C=O) groups is 2. The highest BCUT2D eigenvalue weighted by Gasteiger charge is 2.19. The van der Waals surface area contributed by atoms with E-state index in [0.29, 0.717) is 16.3 Å². The van der Waals surface area contributed by atoms with Gasteiger partial charge < -0.3 is 15.0 Å². The predicted molar refractivity (Wildman–Crippen MR) is 128 cm³/mol. The van der Waals surface area contributed by atoms with E-state index < -0.39 is 5.97 Å². The van der Waals surface area contributed by atoms with Gasteiger partial charge in [0, 0.05) is 31.2 Å². The van der Waals surface area contributed by atoms with E-state index in [4.69, 9.17) is 0 Å². The molecule has 2 aromatic rings. The molecule has 30 heavy (non-hydrogen) atoms. The molecule has 0 atom stereocenters. The Balaban J connectivity index is 0.000000585. The summed E-state index contributed by atoms with van der Waals surface area (Å²) in [6, 6.07) is 0. The van der Waals surface area contributed by atoms with Crippen molar-refractivity contribution in [2.45, 2.75) is 41.0 Å². The largest absolute Gasteiger partial charge is 0.478 e. The molecule has 7 heteroatoms. The first-order valence-corrected chi connectivity index (χ1v) is 10.8. The SMILES string of the molecule is CC.CC.CNc1scc(C2=CC=C(C)C=CC2)c1C(=O)O.Cn1cnc(C=O)c1. The molecule has 0 spiro atoms. The highest BCUT2D eigenvalue weighted by Crippen LogP contribution is 2.34. The summed E-state index contributed by atoms with van der Waals surface area (Å²) in [5.41, 5.74) is 3.87. The number of imidazole rings is 1. The fourth-order valence-electron chi connectivity index (χ4n) is 2.41. The summed E-state index contributed by atoms with van der Waals surface area (Å²) in [4.78, 5) is 25.0. The molecule has 0 saturated heterocycles. The molecule has 3 rings (SSSR count). The second kappa shape index (κ2) is 15.0. The summed E-state index contributed by atoms with van der Waals surface area (Å²) in [5.74, 6) is -0.884. The number of carboxylic acids is 1. The van der Waals surface area contributed by atoms with Crippen LogP contribution in [-0.2, 0) is 7.05 Å². The number of aromatic carboxylic acids is 1. The first-order valence-electron chi connectivity index (χ1n) is 9.96. The molecule has 1 aliphatic rings. The summed E-state index contributed by atoms with van der Waals surface area (Å²) in [6.07, 6.45) is 12.9. The molecule has 2 heterocycles. The van der Waals surface area contributed by atoms with Crippen molar-refractivity contribution in [2.24, 2.45) is 7.05 Å². The molecule has 1 aliphatic carbocycles. The number of carboxylic acid groups (broad SMARTS) is 1. The zero-order valence-electron chi connectivity index (χ0n) is 18.9. The van der Waals surface area contributed by atoms with Crippen LogP contribution in [0.25, 0.3) is 5.57 Å². The van der Waals surface area contributed by atoms with E-state index in [2.05, 4.69) is 22.5 Å². The Bertz CT molecular complexity index is 889. The number of nitrogens with one attached hydrogen (secondary N) is 1. The third-order valence-corrected chi connectivity index (χ3v) is 4.69. The molecule has 2 N–H and O–H groups in total. The standard InChI is InChI=1S/C14H15NO2S.C5H6N2O.2C2H6/c1-9-4-3-5-10(7-6-9)11-8-18-13(15-2)12(11)14(16)17;1-7-2-5(3-8)6-4-7;2*1-2/h3-4,6-8,15H,5H2,1-2H3,(H,16,17);2-4H,1H3;2*1-2H3. The molecule has 0 fully saturated rings. The molecular formula is C23H33N3O3S. The zero-order valence-corrected chi connectivity index (χ0v) is 19.7. The Morgan fingerprint density at radius 1 is 1.27 bits per heavy atom. The number of anilines is 1. The van der Waals surface area contributed by atoms with Crippen molar-refractivity contribution in [3.05, 3.63) is 64.6 Å². The lowest BCUT2D eigenvalue weighted by atomic mass is 10.0. The average Bonchev–Trinajstić information content (AvgIpc) is 3.33. The van der Waals surface area contributed by atoms with Crippen LogP contribution < -0.4 is 5.32 Å². The van der Waals surface area contributed by atoms with Gasteiger partial charge in [0.05, 0.1) is 6.33 Å². The van der Waals surface area contributed by atoms with Gasteiger partial charge in [-0.25, -0.2) is 9.78 Å². The maximum Gasteiger partial charge on any atom is 0.339 e. The quantitative estimate of drug-likeness (QED) is 0.575. The number of aryl methyl sites for hydroxylation is 1. The Labute approximate surface area is 183 Å². The van der Waals surface area contributed by atoms with E-state index >= 15 is 0 Å². The number of carbonyl (C=O) groups excluding carboxylic acids is 1. The fraction of sp³-hybridized carbons (Fsp3) is 0.348. The van der Waals surface area contributed by atoms with Crippen molar-refractivity contribution in [2.75, 3.05) is 12.4 Å². The predicted octanol–water partition coefficient (Wildman–Crippen LogP) is 6.06. The van der Waals surface area contributed by atoms with Crippen molar-refractivity contribution < 1.29 is 14.7 Å². The first kappa shape index (κ1) is 27.1. The van der Waals surface area contributed by atoms with Gasteiger partial charge in [-0.05, 0) is 18.9 Å². The minimum atomic E-state index is -0.884. The maximum absolute atomic E-state index is 11.4. The van der Waals surface area contributed by atoms with Crippen LogP contribution in [0.15, 0.2) is 47.8 Å². The molecule has 0 aliphatic heterocycles. The maximum atomic E-state index is 11.4. The molecule has 0 bridgehead atoms. The smallest absolute Gasteiger partial charge is 0.339 e. The molecule has 164 valence electrons. The molecule has 0 unspecified atom stereocenters. The van der Waals surface area contributed by atoms with Gasteiger partial charge in [0.15, 0.2) is 6.29 Å². The number of hydrogen-bond acceptors (Lipinski definition) is 5. The van der Waals surface area contributed by atoms with Crippen molar-refractivity contribution in [3.63, 3.8) is 0 Å². The van der Waals surface area contributed by atoms with E-state index in [1.807, 2.05) is 59.2 Å². The van der Waals surface area contributed by atoms with Gasteiger partial charge in [-0.15, -0.1) is 11.3 Å². The van der Waals surface area contributed by atoms with Gasteiger partial charge in [-0.3, -0.25) is 4.79 Å². The second-order valence-corrected chi connectivity index (χ2v) is 6.58. The van der Waals surface area contributed by atoms with Crippen LogP contribution in [0.3, 0.4) is 0 Å². The van der Waals surface area contributed by atoms with Crippen LogP contribution in [0.1, 0.15) is 67.4 Å². The van der Waals surface area contributed by atoms with Gasteiger partial charge in [0.1, 0.15) is 16.3 Å². The molecule has 0 amide bonds. The number of aldehydes is 1. The summed E-state index contributed by atoms with van der Waals surface area (Å²) >= 11 is 1.43. The molecule has 0 aromatic carbocycles. The lowest BCUT2D eigenvalue weighted by Gasteiger charge is -2.05. The highest BCUT2D eigenvalue weighted by molar-refractivity contribution is 7.14. The number of allylic oxidation sites excluding steroid dienone is 6. The first-order chi connectivity index (χ1) is 14.5. The highest BCUT2D eigenvalue weighted by atomic mass is 32.1. The third-order valence-electron chi connectivity index (χ3n) is 3.69. The molecule has 6 nitrogen and oxygen atoms in total. The van der Waals surface area contributed by atoms with Crippen molar-refractivity contribution in [3.8, 4) is 0 Å². The fourth-order valence-corrected chi connectivity index (χ4v) is 3.35. The Hall–Kier alpha value is -2.93. The lowest BCUT2D eigenvalue weighted by Crippen LogP contribution is -2.02. The van der Waals surface area contributed by atoms with E-state index in [-0.39, 0.29) is 0 Å². The van der Waals surface area contributed by atoms with Crippen LogP contribution in [0, 0.1) is 0 Å². The van der Waals surface area contributed by atoms with Crippen molar-refractivity contribution in [1.82, 2.24) is 9.55 Å². The minimum Gasteiger partial charge on any atom is -0.478 e. The normalized spacial score (nSPS) is 11.7. The van der Waals surface area contributed by atoms with Crippen LogP contribution >= 0.6 is 11.3 Å². The van der Waals surface area contributed by atoms with E-state index in [1.54, 1.807) is 24.1 Å². The van der Waals surface area contributed by atoms with Gasteiger partial charge in [0.25, 0.3) is 0 Å². The number of thiophene rings is 1. The van der Waals surface area contributed by atoms with E-state index in [1.165, 1.54) is 16.9 Å². The molecule has 2 aromatic heterocycles. The lowest BCUT2D eigenvalue weighted by molar-refractivity contribution is 0.0698. The van der Waals surface area contributed by atoms with Gasteiger partial charge in [0.2, 0.25) is 0 Å². The van der Waals surface area contributed by atoms with Crippen LogP contribution in [0.2, 0.25) is 0 Å². The van der Waals surface area contributed by atoms with Gasteiger partial charge in [-0.1, -0.05) is 57.6 Å². The zero-order chi connectivity index (χ0) is 23.1. The molecule has 0 radical (unpaired) electrons. The van der Waals surface area contributed by atoms with Crippen molar-refractivity contribution in [1.29, 1.82) is 0 Å². The summed E-state index contributed by atoms with van der Waals surface area (Å²) in [6.45, 7) is 10.0. The Kier molecular flexibility index (Phi) is 13.5. The summed E-state index contributed by atoms with van der Waals surface area (Å²) in [7, 11) is 3.56. The number of rotatable bonds is 4. The van der Waals surface area contributed by atoms with E-state index in [0.717, 1.165) is 23.8 Å². The van der Waals surface area contributed by atoms with Crippen molar-refractivity contribution >= 4 is 34.2 Å². The van der Waals surface area contributed by atoms with Crippen LogP contribution in [0.5, 0.6) is 0 Å². The topological polar surface area (TPSA) is 84.2 Å².